The fourth-order valence-electron chi connectivity index (χ4n) is 1.59. The number of aryl methyl sites for hydroxylation is 2. The fraction of sp³-hybridized carbons (Fsp3) is 0.467. The number of carbonyl (C=O) groups is 2. The second-order valence-corrected chi connectivity index (χ2v) is 4.83. The van der Waals surface area contributed by atoms with Crippen LogP contribution in [-0.2, 0) is 32.3 Å². The van der Waals surface area contributed by atoms with Gasteiger partial charge >= 0.3 is 17.6 Å². The highest BCUT2D eigenvalue weighted by atomic mass is 16.6. The van der Waals surface area contributed by atoms with E-state index in [2.05, 4.69) is 22.4 Å². The van der Waals surface area contributed by atoms with Gasteiger partial charge in [-0.25, -0.2) is 9.59 Å². The Morgan fingerprint density at radius 1 is 1.00 bits per heavy atom. The summed E-state index contributed by atoms with van der Waals surface area (Å²) in [6.07, 6.45) is 0.838. The Kier molecular flexibility index (Phi) is 8.64. The summed E-state index contributed by atoms with van der Waals surface area (Å²) in [7, 11) is 0. The zero-order valence-corrected chi connectivity index (χ0v) is 14.3. The number of carbonyl (C=O) groups excluding carboxylic acids is 2. The van der Waals surface area contributed by atoms with Crippen molar-refractivity contribution in [1.82, 2.24) is 0 Å². The van der Waals surface area contributed by atoms with Crippen LogP contribution in [0.25, 0.3) is 0 Å². The van der Waals surface area contributed by atoms with Crippen molar-refractivity contribution in [2.24, 2.45) is 5.73 Å². The smallest absolute Gasteiger partial charge is 0.460 e. The summed E-state index contributed by atoms with van der Waals surface area (Å²) in [6.45, 7) is 3.67. The highest BCUT2D eigenvalue weighted by Crippen LogP contribution is 2.07. The van der Waals surface area contributed by atoms with Crippen LogP contribution in [0.4, 0.5) is 0 Å². The lowest BCUT2D eigenvalue weighted by atomic mass is 10.3. The highest BCUT2D eigenvalue weighted by molar-refractivity contribution is 5.69. The first kappa shape index (κ1) is 21.0. The molecular weight excluding hydrogens is 354 g/mol. The van der Waals surface area contributed by atoms with E-state index in [0.29, 0.717) is 24.5 Å². The molecule has 0 aromatic carbocycles. The van der Waals surface area contributed by atoms with Gasteiger partial charge in [0.05, 0.1) is 0 Å². The van der Waals surface area contributed by atoms with Crippen LogP contribution in [0, 0.1) is 13.8 Å². The molecule has 2 heterocycles. The van der Waals surface area contributed by atoms with Crippen molar-refractivity contribution in [3.63, 3.8) is 0 Å². The third kappa shape index (κ3) is 7.21. The summed E-state index contributed by atoms with van der Waals surface area (Å²) in [5.74, 6) is -0.817. The number of esters is 1. The maximum Gasteiger partial charge on any atom is 0.519 e. The molecule has 0 aliphatic rings. The summed E-state index contributed by atoms with van der Waals surface area (Å²) in [4.78, 5) is 41.8. The first-order valence-corrected chi connectivity index (χ1v) is 7.47. The molecule has 0 radical (unpaired) electrons. The lowest BCUT2D eigenvalue weighted by Crippen LogP contribution is -2.08. The molecule has 0 amide bonds. The lowest BCUT2D eigenvalue weighted by molar-refractivity contribution is -0.145. The standard InChI is InChI=1S/C9H13NO5.C6H6O5/c1-6-7(15-9(12)14-6)5-13-8(11)3-2-4-10;1-4-5(2-9-3-7)11-6(8)10-4/h2-5,10H2,1H3;3H,2H2,1H3. The summed E-state index contributed by atoms with van der Waals surface area (Å²) in [6, 6.07) is 0. The molecule has 0 aliphatic carbocycles. The second-order valence-electron chi connectivity index (χ2n) is 4.83. The van der Waals surface area contributed by atoms with Crippen LogP contribution in [0.15, 0.2) is 27.3 Å². The van der Waals surface area contributed by atoms with Gasteiger partial charge < -0.3 is 32.9 Å². The van der Waals surface area contributed by atoms with Crippen molar-refractivity contribution in [3.8, 4) is 0 Å². The summed E-state index contributed by atoms with van der Waals surface area (Å²) in [5, 5.41) is 0. The fourth-order valence-corrected chi connectivity index (χ4v) is 1.59. The Hall–Kier alpha value is -3.08. The van der Waals surface area contributed by atoms with Gasteiger partial charge in [0.25, 0.3) is 6.47 Å². The van der Waals surface area contributed by atoms with Gasteiger partial charge in [-0.2, -0.15) is 0 Å². The average molecular weight is 373 g/mol. The number of ether oxygens (including phenoxy) is 2. The molecule has 0 saturated heterocycles. The van der Waals surface area contributed by atoms with Crippen molar-refractivity contribution in [3.05, 3.63) is 44.3 Å². The van der Waals surface area contributed by atoms with E-state index in [4.69, 9.17) is 10.5 Å². The second kappa shape index (κ2) is 10.7. The molecule has 0 saturated carbocycles. The molecule has 2 rings (SSSR count). The summed E-state index contributed by atoms with van der Waals surface area (Å²) in [5.41, 5.74) is 5.23. The van der Waals surface area contributed by atoms with Crippen LogP contribution in [0.2, 0.25) is 0 Å². The van der Waals surface area contributed by atoms with E-state index >= 15 is 0 Å². The number of hydrogen-bond donors (Lipinski definition) is 1. The van der Waals surface area contributed by atoms with Gasteiger partial charge in [-0.05, 0) is 26.8 Å². The van der Waals surface area contributed by atoms with Crippen molar-refractivity contribution in [1.29, 1.82) is 0 Å². The molecule has 0 unspecified atom stereocenters. The van der Waals surface area contributed by atoms with Gasteiger partial charge in [-0.1, -0.05) is 0 Å². The van der Waals surface area contributed by atoms with Crippen LogP contribution in [0.1, 0.15) is 35.9 Å². The Balaban J connectivity index is 0.000000273. The summed E-state index contributed by atoms with van der Waals surface area (Å²) >= 11 is 0. The van der Waals surface area contributed by atoms with E-state index in [0.717, 1.165) is 0 Å². The van der Waals surface area contributed by atoms with Crippen LogP contribution < -0.4 is 17.4 Å². The molecule has 26 heavy (non-hydrogen) atoms. The van der Waals surface area contributed by atoms with Crippen LogP contribution in [0.5, 0.6) is 0 Å². The van der Waals surface area contributed by atoms with Crippen LogP contribution >= 0.6 is 0 Å². The molecule has 11 nitrogen and oxygen atoms in total. The van der Waals surface area contributed by atoms with Crippen molar-refractivity contribution < 1.29 is 36.7 Å². The molecule has 0 bridgehead atoms. The molecule has 2 aromatic rings. The van der Waals surface area contributed by atoms with Gasteiger partial charge in [0, 0.05) is 6.42 Å². The van der Waals surface area contributed by atoms with Crippen molar-refractivity contribution in [2.45, 2.75) is 39.9 Å². The maximum absolute atomic E-state index is 11.1. The van der Waals surface area contributed by atoms with Crippen molar-refractivity contribution in [2.75, 3.05) is 6.54 Å². The number of nitrogens with two attached hydrogens (primary N) is 1. The van der Waals surface area contributed by atoms with E-state index in [1.807, 2.05) is 0 Å². The zero-order chi connectivity index (χ0) is 19.5. The largest absolute Gasteiger partial charge is 0.519 e. The van der Waals surface area contributed by atoms with E-state index in [1.54, 1.807) is 13.8 Å². The van der Waals surface area contributed by atoms with E-state index in [9.17, 15) is 19.2 Å². The van der Waals surface area contributed by atoms with Gasteiger partial charge in [-0.3, -0.25) is 9.59 Å². The Morgan fingerprint density at radius 3 is 1.96 bits per heavy atom. The first-order chi connectivity index (χ1) is 12.4. The molecule has 0 atom stereocenters. The first-order valence-electron chi connectivity index (χ1n) is 7.47. The number of hydrogen-bond acceptors (Lipinski definition) is 11. The molecule has 0 aliphatic heterocycles. The monoisotopic (exact) mass is 373 g/mol. The average Bonchev–Trinajstić information content (AvgIpc) is 3.09. The minimum atomic E-state index is -0.791. The molecular formula is C15H19NO10. The predicted molar refractivity (Wildman–Crippen MR) is 82.9 cm³/mol. The Labute approximate surface area is 146 Å². The van der Waals surface area contributed by atoms with Crippen molar-refractivity contribution >= 4 is 12.4 Å². The van der Waals surface area contributed by atoms with Crippen LogP contribution in [0.3, 0.4) is 0 Å². The topological polar surface area (TPSA) is 165 Å². The Bertz CT molecular complexity index is 809. The van der Waals surface area contributed by atoms with E-state index in [1.165, 1.54) is 0 Å². The normalized spacial score (nSPS) is 9.96. The lowest BCUT2D eigenvalue weighted by Gasteiger charge is -2.01. The minimum absolute atomic E-state index is 0.0684. The van der Waals surface area contributed by atoms with Gasteiger partial charge in [0.2, 0.25) is 0 Å². The van der Waals surface area contributed by atoms with Gasteiger partial charge in [0.15, 0.2) is 36.3 Å². The van der Waals surface area contributed by atoms with E-state index < -0.39 is 11.6 Å². The van der Waals surface area contributed by atoms with E-state index in [-0.39, 0.29) is 43.6 Å². The SMILES string of the molecule is Cc1oc(=O)oc1COC(=O)CCCN.Cc1oc(=O)oc1COC=O. The maximum atomic E-state index is 11.1. The molecule has 144 valence electrons. The molecule has 11 heteroatoms. The minimum Gasteiger partial charge on any atom is -0.460 e. The quantitative estimate of drug-likeness (QED) is 0.506. The molecule has 2 aromatic heterocycles. The predicted octanol–water partition coefficient (Wildman–Crippen LogP) is 0.538. The third-order valence-corrected chi connectivity index (χ3v) is 2.90. The molecule has 0 fully saturated rings. The molecule has 2 N–H and O–H groups in total. The highest BCUT2D eigenvalue weighted by Gasteiger charge is 2.11. The van der Waals surface area contributed by atoms with Crippen LogP contribution in [-0.4, -0.2) is 19.0 Å². The van der Waals surface area contributed by atoms with Gasteiger partial charge in [0.1, 0.15) is 0 Å². The number of rotatable bonds is 8. The van der Waals surface area contributed by atoms with Gasteiger partial charge in [-0.15, -0.1) is 0 Å². The Morgan fingerprint density at radius 2 is 1.54 bits per heavy atom. The third-order valence-electron chi connectivity index (χ3n) is 2.90. The summed E-state index contributed by atoms with van der Waals surface area (Å²) < 4.78 is 27.4. The molecule has 0 spiro atoms. The zero-order valence-electron chi connectivity index (χ0n) is 14.3.